The van der Waals surface area contributed by atoms with Crippen LogP contribution in [0.3, 0.4) is 0 Å². The van der Waals surface area contributed by atoms with E-state index in [1.807, 2.05) is 0 Å². The van der Waals surface area contributed by atoms with Gasteiger partial charge in [0.05, 0.1) is 6.61 Å². The predicted molar refractivity (Wildman–Crippen MR) is 74.6 cm³/mol. The zero-order valence-electron chi connectivity index (χ0n) is 12.0. The standard InChI is InChI=1S/C15H28O3/c1-3-4-5-6-7-8-9-10-11-12-15(16)18-14-13-17-2/h4-5H,3,6-14H2,1-2H3/b5-4+. The van der Waals surface area contributed by atoms with Crippen LogP contribution in [0.5, 0.6) is 0 Å². The van der Waals surface area contributed by atoms with E-state index >= 15 is 0 Å². The fourth-order valence-electron chi connectivity index (χ4n) is 1.66. The number of methoxy groups -OCH3 is 1. The molecule has 3 heteroatoms. The molecule has 18 heavy (non-hydrogen) atoms. The van der Waals surface area contributed by atoms with E-state index in [1.54, 1.807) is 7.11 Å². The number of rotatable bonds is 12. The van der Waals surface area contributed by atoms with E-state index < -0.39 is 0 Å². The number of ether oxygens (including phenoxy) is 2. The zero-order valence-corrected chi connectivity index (χ0v) is 12.0. The van der Waals surface area contributed by atoms with Crippen molar-refractivity contribution < 1.29 is 14.3 Å². The van der Waals surface area contributed by atoms with Crippen molar-refractivity contribution >= 4 is 5.97 Å². The highest BCUT2D eigenvalue weighted by atomic mass is 16.6. The van der Waals surface area contributed by atoms with Crippen molar-refractivity contribution in [2.45, 2.75) is 58.3 Å². The average Bonchev–Trinajstić information content (AvgIpc) is 2.37. The maximum Gasteiger partial charge on any atom is 0.305 e. The van der Waals surface area contributed by atoms with Gasteiger partial charge < -0.3 is 9.47 Å². The topological polar surface area (TPSA) is 35.5 Å². The molecule has 0 aliphatic carbocycles. The van der Waals surface area contributed by atoms with Gasteiger partial charge in [0.1, 0.15) is 6.61 Å². The van der Waals surface area contributed by atoms with E-state index in [1.165, 1.54) is 25.7 Å². The summed E-state index contributed by atoms with van der Waals surface area (Å²) in [5.74, 6) is -0.0991. The third-order valence-electron chi connectivity index (χ3n) is 2.70. The molecule has 0 unspecified atom stereocenters. The molecule has 0 saturated heterocycles. The number of unbranched alkanes of at least 4 members (excludes halogenated alkanes) is 5. The zero-order chi connectivity index (χ0) is 13.5. The molecule has 0 aromatic heterocycles. The second kappa shape index (κ2) is 14.2. The number of hydrogen-bond acceptors (Lipinski definition) is 3. The van der Waals surface area contributed by atoms with Crippen LogP contribution in [0.1, 0.15) is 58.3 Å². The second-order valence-electron chi connectivity index (χ2n) is 4.40. The maximum absolute atomic E-state index is 11.2. The summed E-state index contributed by atoms with van der Waals surface area (Å²) in [4.78, 5) is 11.2. The van der Waals surface area contributed by atoms with Crippen molar-refractivity contribution in [1.82, 2.24) is 0 Å². The third kappa shape index (κ3) is 13.2. The van der Waals surface area contributed by atoms with Gasteiger partial charge in [-0.2, -0.15) is 0 Å². The first-order chi connectivity index (χ1) is 8.81. The molecular weight excluding hydrogens is 228 g/mol. The Balaban J connectivity index is 3.15. The van der Waals surface area contributed by atoms with Crippen molar-refractivity contribution in [2.75, 3.05) is 20.3 Å². The van der Waals surface area contributed by atoms with Crippen LogP contribution in [0.25, 0.3) is 0 Å². The van der Waals surface area contributed by atoms with Gasteiger partial charge in [0.2, 0.25) is 0 Å². The van der Waals surface area contributed by atoms with Crippen molar-refractivity contribution in [2.24, 2.45) is 0 Å². The summed E-state index contributed by atoms with van der Waals surface area (Å²) in [5.41, 5.74) is 0. The molecule has 106 valence electrons. The van der Waals surface area contributed by atoms with Gasteiger partial charge in [-0.3, -0.25) is 4.79 Å². The third-order valence-corrected chi connectivity index (χ3v) is 2.70. The first kappa shape index (κ1) is 17.2. The Morgan fingerprint density at radius 1 is 1.00 bits per heavy atom. The van der Waals surface area contributed by atoms with Gasteiger partial charge in [0, 0.05) is 13.5 Å². The Kier molecular flexibility index (Phi) is 13.6. The summed E-state index contributed by atoms with van der Waals surface area (Å²) in [7, 11) is 1.60. The number of carbonyl (C=O) groups is 1. The fraction of sp³-hybridized carbons (Fsp3) is 0.800. The van der Waals surface area contributed by atoms with E-state index in [4.69, 9.17) is 9.47 Å². The molecular formula is C15H28O3. The molecule has 0 aromatic rings. The molecule has 0 spiro atoms. The van der Waals surface area contributed by atoms with E-state index in [2.05, 4.69) is 19.1 Å². The monoisotopic (exact) mass is 256 g/mol. The van der Waals surface area contributed by atoms with Crippen LogP contribution in [-0.4, -0.2) is 26.3 Å². The number of hydrogen-bond donors (Lipinski definition) is 0. The second-order valence-corrected chi connectivity index (χ2v) is 4.40. The summed E-state index contributed by atoms with van der Waals surface area (Å²) < 4.78 is 9.79. The first-order valence-corrected chi connectivity index (χ1v) is 7.10. The van der Waals surface area contributed by atoms with Gasteiger partial charge in [-0.25, -0.2) is 0 Å². The maximum atomic E-state index is 11.2. The molecule has 0 aliphatic rings. The van der Waals surface area contributed by atoms with Crippen LogP contribution in [0.2, 0.25) is 0 Å². The molecule has 0 atom stereocenters. The summed E-state index contributed by atoms with van der Waals surface area (Å²) in [6, 6.07) is 0. The Labute approximate surface area is 112 Å². The Hall–Kier alpha value is -0.830. The minimum Gasteiger partial charge on any atom is -0.463 e. The van der Waals surface area contributed by atoms with Crippen LogP contribution >= 0.6 is 0 Å². The van der Waals surface area contributed by atoms with E-state index in [-0.39, 0.29) is 5.97 Å². The summed E-state index contributed by atoms with van der Waals surface area (Å²) in [5, 5.41) is 0. The number of esters is 1. The Bertz CT molecular complexity index is 212. The number of carbonyl (C=O) groups excluding carboxylic acids is 1. The van der Waals surface area contributed by atoms with Crippen LogP contribution < -0.4 is 0 Å². The first-order valence-electron chi connectivity index (χ1n) is 7.10. The highest BCUT2D eigenvalue weighted by Crippen LogP contribution is 2.08. The normalized spacial score (nSPS) is 11.0. The highest BCUT2D eigenvalue weighted by molar-refractivity contribution is 5.69. The molecule has 0 aliphatic heterocycles. The Morgan fingerprint density at radius 2 is 1.72 bits per heavy atom. The van der Waals surface area contributed by atoms with Crippen LogP contribution in [0.4, 0.5) is 0 Å². The lowest BCUT2D eigenvalue weighted by Gasteiger charge is -2.03. The highest BCUT2D eigenvalue weighted by Gasteiger charge is 2.01. The molecule has 0 radical (unpaired) electrons. The van der Waals surface area contributed by atoms with Crippen molar-refractivity contribution in [3.05, 3.63) is 12.2 Å². The quantitative estimate of drug-likeness (QED) is 0.302. The fourth-order valence-corrected chi connectivity index (χ4v) is 1.66. The van der Waals surface area contributed by atoms with Crippen LogP contribution in [-0.2, 0) is 14.3 Å². The Morgan fingerprint density at radius 3 is 2.44 bits per heavy atom. The minimum absolute atomic E-state index is 0.0991. The lowest BCUT2D eigenvalue weighted by molar-refractivity contribution is -0.145. The predicted octanol–water partition coefficient (Wildman–Crippen LogP) is 3.87. The lowest BCUT2D eigenvalue weighted by atomic mass is 10.1. The van der Waals surface area contributed by atoms with Crippen molar-refractivity contribution in [1.29, 1.82) is 0 Å². The van der Waals surface area contributed by atoms with Crippen LogP contribution in [0.15, 0.2) is 12.2 Å². The number of allylic oxidation sites excluding steroid dienone is 2. The van der Waals surface area contributed by atoms with Gasteiger partial charge in [-0.15, -0.1) is 0 Å². The molecule has 0 aromatic carbocycles. The molecule has 0 fully saturated rings. The van der Waals surface area contributed by atoms with Gasteiger partial charge in [-0.1, -0.05) is 38.3 Å². The smallest absolute Gasteiger partial charge is 0.305 e. The van der Waals surface area contributed by atoms with E-state index in [0.29, 0.717) is 19.6 Å². The largest absolute Gasteiger partial charge is 0.463 e. The molecule has 0 bridgehead atoms. The molecule has 0 amide bonds. The van der Waals surface area contributed by atoms with Gasteiger partial charge in [0.15, 0.2) is 0 Å². The molecule has 3 nitrogen and oxygen atoms in total. The van der Waals surface area contributed by atoms with Crippen molar-refractivity contribution in [3.63, 3.8) is 0 Å². The van der Waals surface area contributed by atoms with Crippen LogP contribution in [0, 0.1) is 0 Å². The molecule has 0 saturated carbocycles. The summed E-state index contributed by atoms with van der Waals surface area (Å²) in [6.07, 6.45) is 13.1. The molecule has 0 rings (SSSR count). The molecule has 0 N–H and O–H groups in total. The lowest BCUT2D eigenvalue weighted by Crippen LogP contribution is -2.09. The van der Waals surface area contributed by atoms with E-state index in [9.17, 15) is 4.79 Å². The van der Waals surface area contributed by atoms with Gasteiger partial charge >= 0.3 is 5.97 Å². The summed E-state index contributed by atoms with van der Waals surface area (Å²) in [6.45, 7) is 3.01. The SMILES string of the molecule is CC/C=C/CCCCCCCC(=O)OCCOC. The minimum atomic E-state index is -0.0991. The average molecular weight is 256 g/mol. The molecule has 0 heterocycles. The van der Waals surface area contributed by atoms with Gasteiger partial charge in [0.25, 0.3) is 0 Å². The van der Waals surface area contributed by atoms with Gasteiger partial charge in [-0.05, 0) is 25.7 Å². The van der Waals surface area contributed by atoms with Crippen molar-refractivity contribution in [3.8, 4) is 0 Å². The van der Waals surface area contributed by atoms with E-state index in [0.717, 1.165) is 19.3 Å². The summed E-state index contributed by atoms with van der Waals surface area (Å²) >= 11 is 0.